The van der Waals surface area contributed by atoms with Gasteiger partial charge in [-0.15, -0.1) is 0 Å². The van der Waals surface area contributed by atoms with Crippen molar-refractivity contribution >= 4 is 17.9 Å². The fraction of sp³-hybridized carbons (Fsp3) is 0.333. The van der Waals surface area contributed by atoms with Gasteiger partial charge in [-0.05, 0) is 51.0 Å². The highest BCUT2D eigenvalue weighted by atomic mass is 31.2. The first-order valence-electron chi connectivity index (χ1n) is 7.26. The highest BCUT2D eigenvalue weighted by molar-refractivity contribution is 7.90. The second-order valence-electron chi connectivity index (χ2n) is 5.77. The Morgan fingerprint density at radius 2 is 1.21 bits per heavy atom. The van der Waals surface area contributed by atoms with Gasteiger partial charge < -0.3 is 0 Å². The van der Waals surface area contributed by atoms with Crippen molar-refractivity contribution < 1.29 is 0 Å². The second kappa shape index (κ2) is 5.10. The van der Waals surface area contributed by atoms with Gasteiger partial charge in [0, 0.05) is 0 Å². The van der Waals surface area contributed by atoms with Crippen LogP contribution in [0.5, 0.6) is 0 Å². The molecule has 0 saturated heterocycles. The number of hydrogen-bond acceptors (Lipinski definition) is 0. The molecule has 0 heterocycles. The summed E-state index contributed by atoms with van der Waals surface area (Å²) >= 11 is 0. The molecule has 3 rings (SSSR count). The Hall–Kier alpha value is -1.13. The van der Waals surface area contributed by atoms with E-state index in [2.05, 4.69) is 74.5 Å². The van der Waals surface area contributed by atoms with Crippen molar-refractivity contribution in [1.29, 1.82) is 0 Å². The Morgan fingerprint density at radius 3 is 1.53 bits per heavy atom. The molecule has 0 amide bonds. The Kier molecular flexibility index (Phi) is 3.46. The highest BCUT2D eigenvalue weighted by Crippen LogP contribution is 2.71. The molecule has 0 N–H and O–H groups in total. The first-order valence-corrected chi connectivity index (χ1v) is 9.18. The average molecular weight is 269 g/mol. The van der Waals surface area contributed by atoms with E-state index in [9.17, 15) is 0 Å². The quantitative estimate of drug-likeness (QED) is 0.729. The van der Waals surface area contributed by atoms with Gasteiger partial charge >= 0.3 is 0 Å². The van der Waals surface area contributed by atoms with Crippen LogP contribution >= 0.6 is 7.26 Å². The lowest BCUT2D eigenvalue weighted by molar-refractivity contribution is 1.07. The van der Waals surface area contributed by atoms with Crippen molar-refractivity contribution in [3.05, 3.63) is 60.7 Å². The summed E-state index contributed by atoms with van der Waals surface area (Å²) in [4.78, 5) is 0. The van der Waals surface area contributed by atoms with Gasteiger partial charge in [0.1, 0.15) is 0 Å². The first-order chi connectivity index (χ1) is 9.26. The summed E-state index contributed by atoms with van der Waals surface area (Å²) in [5.41, 5.74) is 1.64. The van der Waals surface area contributed by atoms with E-state index in [0.29, 0.717) is 0 Å². The maximum atomic E-state index is 2.42. The van der Waals surface area contributed by atoms with E-state index >= 15 is 0 Å². The third-order valence-electron chi connectivity index (χ3n) is 4.30. The van der Waals surface area contributed by atoms with Gasteiger partial charge in [0.05, 0.1) is 29.2 Å². The fourth-order valence-electron chi connectivity index (χ4n) is 3.42. The van der Waals surface area contributed by atoms with Crippen LogP contribution in [0.25, 0.3) is 0 Å². The third-order valence-corrected chi connectivity index (χ3v) is 9.91. The van der Waals surface area contributed by atoms with Crippen molar-refractivity contribution in [3.63, 3.8) is 0 Å². The molecule has 98 valence electrons. The molecule has 0 atom stereocenters. The average Bonchev–Trinajstić information content (AvgIpc) is 3.27. The zero-order valence-corrected chi connectivity index (χ0v) is 12.7. The summed E-state index contributed by atoms with van der Waals surface area (Å²) in [6, 6.07) is 22.5. The van der Waals surface area contributed by atoms with Crippen LogP contribution in [0, 0.1) is 0 Å². The summed E-state index contributed by atoms with van der Waals surface area (Å²) in [5.74, 6) is 0. The van der Waals surface area contributed by atoms with E-state index in [1.54, 1.807) is 10.6 Å². The van der Waals surface area contributed by atoms with Crippen molar-refractivity contribution in [2.75, 3.05) is 0 Å². The third kappa shape index (κ3) is 2.13. The van der Waals surface area contributed by atoms with E-state index in [4.69, 9.17) is 0 Å². The number of rotatable bonds is 4. The van der Waals surface area contributed by atoms with Gasteiger partial charge in [0.25, 0.3) is 0 Å². The van der Waals surface area contributed by atoms with Crippen molar-refractivity contribution in [3.8, 4) is 0 Å². The Morgan fingerprint density at radius 1 is 0.789 bits per heavy atom. The molecule has 0 spiro atoms. The monoisotopic (exact) mass is 269 g/mol. The number of benzene rings is 2. The van der Waals surface area contributed by atoms with Crippen LogP contribution in [0.15, 0.2) is 60.7 Å². The van der Waals surface area contributed by atoms with Gasteiger partial charge in [0.15, 0.2) is 0 Å². The lowest BCUT2D eigenvalue weighted by atomic mass is 10.4. The Bertz CT molecular complexity index is 483. The molecular weight excluding hydrogens is 247 g/mol. The van der Waals surface area contributed by atoms with E-state index in [1.165, 1.54) is 12.8 Å². The van der Waals surface area contributed by atoms with Crippen LogP contribution in [-0.2, 0) is 0 Å². The van der Waals surface area contributed by atoms with Crippen LogP contribution in [-0.4, -0.2) is 11.3 Å². The molecule has 1 heteroatoms. The minimum absolute atomic E-state index is 0.727. The Balaban J connectivity index is 2.20. The minimum Gasteiger partial charge on any atom is -0.0620 e. The van der Waals surface area contributed by atoms with Crippen molar-refractivity contribution in [2.24, 2.45) is 0 Å². The molecule has 1 aliphatic carbocycles. The highest BCUT2D eigenvalue weighted by Gasteiger charge is 2.57. The SMILES string of the molecule is CC(C)[P+](c1ccccc1)(c1ccccc1)C1CC1. The largest absolute Gasteiger partial charge is 0.0997 e. The molecule has 0 radical (unpaired) electrons. The molecule has 0 aromatic heterocycles. The predicted molar refractivity (Wildman–Crippen MR) is 87.2 cm³/mol. The summed E-state index contributed by atoms with van der Waals surface area (Å²) in [6.07, 6.45) is 2.82. The fourth-order valence-corrected chi connectivity index (χ4v) is 8.89. The summed E-state index contributed by atoms with van der Waals surface area (Å²) in [6.45, 7) is 4.85. The minimum atomic E-state index is -1.23. The van der Waals surface area contributed by atoms with Crippen LogP contribution in [0.4, 0.5) is 0 Å². The van der Waals surface area contributed by atoms with Gasteiger partial charge in [-0.3, -0.25) is 0 Å². The van der Waals surface area contributed by atoms with E-state index in [1.807, 2.05) is 0 Å². The van der Waals surface area contributed by atoms with Crippen molar-refractivity contribution in [2.45, 2.75) is 38.0 Å². The summed E-state index contributed by atoms with van der Waals surface area (Å²) in [7, 11) is -1.23. The molecule has 1 aliphatic rings. The normalized spacial score (nSPS) is 15.7. The smallest absolute Gasteiger partial charge is 0.0620 e. The van der Waals surface area contributed by atoms with Crippen LogP contribution in [0.3, 0.4) is 0 Å². The lowest BCUT2D eigenvalue weighted by Crippen LogP contribution is -2.31. The number of hydrogen-bond donors (Lipinski definition) is 0. The van der Waals surface area contributed by atoms with Crippen molar-refractivity contribution in [1.82, 2.24) is 0 Å². The van der Waals surface area contributed by atoms with Crippen LogP contribution in [0.1, 0.15) is 26.7 Å². The van der Waals surface area contributed by atoms with E-state index in [-0.39, 0.29) is 0 Å². The van der Waals surface area contributed by atoms with E-state index < -0.39 is 7.26 Å². The van der Waals surface area contributed by atoms with Gasteiger partial charge in [-0.1, -0.05) is 36.4 Å². The summed E-state index contributed by atoms with van der Waals surface area (Å²) in [5, 5.41) is 3.19. The first kappa shape index (κ1) is 12.9. The maximum absolute atomic E-state index is 2.42. The lowest BCUT2D eigenvalue weighted by Gasteiger charge is -2.31. The van der Waals surface area contributed by atoms with Crippen LogP contribution in [0.2, 0.25) is 0 Å². The molecule has 2 aromatic rings. The predicted octanol–water partition coefficient (Wildman–Crippen LogP) is 4.23. The molecule has 0 aliphatic heterocycles. The molecule has 19 heavy (non-hydrogen) atoms. The van der Waals surface area contributed by atoms with Gasteiger partial charge in [-0.2, -0.15) is 0 Å². The molecular formula is C18H22P+. The molecule has 1 saturated carbocycles. The zero-order chi connectivity index (χ0) is 13.3. The molecule has 1 fully saturated rings. The molecule has 0 nitrogen and oxygen atoms in total. The van der Waals surface area contributed by atoms with Gasteiger partial charge in [-0.25, -0.2) is 0 Å². The molecule has 0 unspecified atom stereocenters. The second-order valence-corrected chi connectivity index (χ2v) is 10.1. The maximum Gasteiger partial charge on any atom is 0.0997 e. The molecule has 2 aromatic carbocycles. The van der Waals surface area contributed by atoms with Gasteiger partial charge in [0.2, 0.25) is 0 Å². The van der Waals surface area contributed by atoms with E-state index in [0.717, 1.165) is 11.3 Å². The summed E-state index contributed by atoms with van der Waals surface area (Å²) < 4.78 is 0. The molecule has 0 bridgehead atoms. The topological polar surface area (TPSA) is 0 Å². The van der Waals surface area contributed by atoms with Crippen LogP contribution < -0.4 is 10.6 Å². The standard InChI is InChI=1S/C18H22P/c1-15(2)19(18-13-14-18,16-9-5-3-6-10-16)17-11-7-4-8-12-17/h3-12,15,18H,13-14H2,1-2H3/q+1. The zero-order valence-electron chi connectivity index (χ0n) is 11.8. The Labute approximate surface area is 117 Å².